The molecule has 2 atom stereocenters. The number of aliphatic imine (C=N–C) groups is 1. The summed E-state index contributed by atoms with van der Waals surface area (Å²) in [7, 11) is -7.48. The van der Waals surface area contributed by atoms with Crippen LogP contribution in [0, 0.1) is 5.92 Å². The van der Waals surface area contributed by atoms with Crippen molar-refractivity contribution in [3.05, 3.63) is 41.7 Å². The summed E-state index contributed by atoms with van der Waals surface area (Å²) in [6, 6.07) is 3.05. The minimum atomic E-state index is -3.91. The monoisotopic (exact) mass is 832 g/mol. The highest BCUT2D eigenvalue weighted by Gasteiger charge is 2.50. The van der Waals surface area contributed by atoms with Crippen LogP contribution >= 0.6 is 0 Å². The third-order valence-electron chi connectivity index (χ3n) is 10.6. The second-order valence-electron chi connectivity index (χ2n) is 16.9. The highest BCUT2D eigenvalue weighted by molar-refractivity contribution is 7.91. The van der Waals surface area contributed by atoms with Crippen LogP contribution in [0.15, 0.2) is 40.4 Å². The molecular weight excluding hydrogens is 781 g/mol. The van der Waals surface area contributed by atoms with Gasteiger partial charge in [0.1, 0.15) is 22.9 Å². The number of amides is 4. The number of likely N-dealkylation sites (tertiary alicyclic amines) is 1. The smallest absolute Gasteiger partial charge is 0.287 e. The average Bonchev–Trinajstić information content (AvgIpc) is 3.80. The van der Waals surface area contributed by atoms with Crippen molar-refractivity contribution in [2.75, 3.05) is 18.1 Å². The number of ketones is 1. The molecule has 0 unspecified atom stereocenters. The Bertz CT molecular complexity index is 2130. The maximum Gasteiger partial charge on any atom is 0.287 e. The number of Topliss-reactive ketones (excluding diaryl/α,β-unsaturated/α-hetero) is 1. The minimum absolute atomic E-state index is 0.00586. The van der Waals surface area contributed by atoms with E-state index < -0.39 is 102 Å². The zero-order valence-corrected chi connectivity index (χ0v) is 34.5. The quantitative estimate of drug-likeness (QED) is 0.173. The lowest BCUT2D eigenvalue weighted by atomic mass is 9.85. The van der Waals surface area contributed by atoms with Crippen LogP contribution in [-0.2, 0) is 44.6 Å². The predicted molar refractivity (Wildman–Crippen MR) is 207 cm³/mol. The summed E-state index contributed by atoms with van der Waals surface area (Å²) in [5, 5.41) is 21.6. The summed E-state index contributed by atoms with van der Waals surface area (Å²) in [5.41, 5.74) is 1.41. The van der Waals surface area contributed by atoms with E-state index in [-0.39, 0.29) is 47.2 Å². The molecule has 312 valence electrons. The van der Waals surface area contributed by atoms with Gasteiger partial charge >= 0.3 is 0 Å². The van der Waals surface area contributed by atoms with E-state index in [9.17, 15) is 45.9 Å². The van der Waals surface area contributed by atoms with Crippen LogP contribution < -0.4 is 15.8 Å². The number of nitrogens with two attached hydrogens (primary N) is 1. The van der Waals surface area contributed by atoms with Gasteiger partial charge in [0, 0.05) is 24.1 Å². The second kappa shape index (κ2) is 16.5. The van der Waals surface area contributed by atoms with Gasteiger partial charge in [-0.1, -0.05) is 37.3 Å². The number of carbonyl (C=O) groups is 5. The Kier molecular flexibility index (Phi) is 12.6. The number of hydrogen-bond acceptors (Lipinski definition) is 12. The molecule has 5 rings (SSSR count). The highest BCUT2D eigenvalue weighted by atomic mass is 32.2. The molecule has 3 aliphatic rings. The number of nitrogens with one attached hydrogen (secondary N) is 2. The molecule has 4 amide bonds. The number of aliphatic hydroxyl groups is 1. The maximum absolute atomic E-state index is 14.8. The Balaban J connectivity index is 1.53. The molecule has 3 heterocycles. The first-order valence-corrected chi connectivity index (χ1v) is 22.3. The first-order valence-electron chi connectivity index (χ1n) is 19.0. The van der Waals surface area contributed by atoms with Gasteiger partial charge in [-0.3, -0.25) is 24.0 Å². The SMILES string of the molecule is CC(C)(C)NS(=O)(=O)c1ccc(C(=O)/N=C(\CC2CCCCC2)C(=O)N2C[C@@H](n3nncc3C(C)(C)O)C[C@H]2C(=O)NC2(C(=O)C(N)=O)CCS(=O)(=O)CC2)cc1. The van der Waals surface area contributed by atoms with Gasteiger partial charge in [-0.15, -0.1) is 5.10 Å². The van der Waals surface area contributed by atoms with Crippen LogP contribution in [-0.4, -0.2) is 112 Å². The van der Waals surface area contributed by atoms with Gasteiger partial charge in [0.05, 0.1) is 34.3 Å². The molecule has 1 aromatic carbocycles. The number of benzene rings is 1. The first kappa shape index (κ1) is 43.7. The van der Waals surface area contributed by atoms with Gasteiger partial charge in [-0.2, -0.15) is 0 Å². The van der Waals surface area contributed by atoms with Crippen LogP contribution in [0.1, 0.15) is 114 Å². The lowest BCUT2D eigenvalue weighted by Crippen LogP contribution is -2.64. The molecule has 3 fully saturated rings. The molecule has 5 N–H and O–H groups in total. The number of sulfonamides is 1. The third-order valence-corrected chi connectivity index (χ3v) is 14.1. The molecule has 1 aromatic heterocycles. The molecule has 2 aromatic rings. The van der Waals surface area contributed by atoms with Crippen LogP contribution in [0.25, 0.3) is 0 Å². The van der Waals surface area contributed by atoms with Gasteiger partial charge in [-0.25, -0.2) is 31.2 Å². The van der Waals surface area contributed by atoms with E-state index in [0.717, 1.165) is 32.1 Å². The van der Waals surface area contributed by atoms with Gasteiger partial charge in [0.2, 0.25) is 21.7 Å². The summed E-state index contributed by atoms with van der Waals surface area (Å²) < 4.78 is 54.4. The Hall–Kier alpha value is -4.40. The van der Waals surface area contributed by atoms with Crippen LogP contribution in [0.4, 0.5) is 0 Å². The number of aromatic nitrogens is 3. The van der Waals surface area contributed by atoms with Gasteiger partial charge in [0.15, 0.2) is 9.84 Å². The van der Waals surface area contributed by atoms with Crippen LogP contribution in [0.3, 0.4) is 0 Å². The fraction of sp³-hybridized carbons (Fsp3) is 0.622. The van der Waals surface area contributed by atoms with Crippen molar-refractivity contribution in [1.29, 1.82) is 0 Å². The van der Waals surface area contributed by atoms with E-state index >= 15 is 0 Å². The Labute approximate surface area is 332 Å². The zero-order valence-electron chi connectivity index (χ0n) is 32.9. The number of sulfone groups is 1. The van der Waals surface area contributed by atoms with Crippen molar-refractivity contribution in [2.24, 2.45) is 16.6 Å². The fourth-order valence-electron chi connectivity index (χ4n) is 7.70. The van der Waals surface area contributed by atoms with Crippen molar-refractivity contribution in [3.8, 4) is 0 Å². The summed E-state index contributed by atoms with van der Waals surface area (Å²) in [5.74, 6) is -5.95. The third kappa shape index (κ3) is 10.4. The van der Waals surface area contributed by atoms with Crippen LogP contribution in [0.2, 0.25) is 0 Å². The molecular formula is C37H52N8O10S2. The molecule has 20 heteroatoms. The van der Waals surface area contributed by atoms with Crippen molar-refractivity contribution < 1.29 is 45.9 Å². The number of rotatable bonds is 12. The topological polar surface area (TPSA) is 270 Å². The summed E-state index contributed by atoms with van der Waals surface area (Å²) in [6.45, 7) is 7.95. The number of primary amides is 1. The maximum atomic E-state index is 14.8. The van der Waals surface area contributed by atoms with E-state index in [1.807, 2.05) is 0 Å². The molecule has 0 spiro atoms. The van der Waals surface area contributed by atoms with Gasteiger partial charge in [0.25, 0.3) is 17.7 Å². The van der Waals surface area contributed by atoms with Crippen molar-refractivity contribution in [3.63, 3.8) is 0 Å². The van der Waals surface area contributed by atoms with E-state index in [0.29, 0.717) is 0 Å². The van der Waals surface area contributed by atoms with E-state index in [4.69, 9.17) is 5.73 Å². The fourth-order valence-corrected chi connectivity index (χ4v) is 10.6. The molecule has 0 radical (unpaired) electrons. The van der Waals surface area contributed by atoms with Crippen molar-refractivity contribution in [1.82, 2.24) is 29.9 Å². The first-order chi connectivity index (χ1) is 26.4. The Morgan fingerprint density at radius 2 is 1.61 bits per heavy atom. The zero-order chi connectivity index (χ0) is 42.1. The number of carbonyl (C=O) groups excluding carboxylic acids is 5. The summed E-state index contributed by atoms with van der Waals surface area (Å²) in [6.07, 6.45) is 4.91. The van der Waals surface area contributed by atoms with Crippen molar-refractivity contribution >= 4 is 55.0 Å². The lowest BCUT2D eigenvalue weighted by Gasteiger charge is -2.37. The highest BCUT2D eigenvalue weighted by Crippen LogP contribution is 2.34. The molecule has 18 nitrogen and oxygen atoms in total. The molecule has 0 bridgehead atoms. The van der Waals surface area contributed by atoms with Gasteiger partial charge in [-0.05, 0) is 84.1 Å². The summed E-state index contributed by atoms with van der Waals surface area (Å²) in [4.78, 5) is 73.7. The number of hydrogen-bond donors (Lipinski definition) is 4. The molecule has 2 saturated heterocycles. The Morgan fingerprint density at radius 3 is 2.18 bits per heavy atom. The van der Waals surface area contributed by atoms with Crippen LogP contribution in [0.5, 0.6) is 0 Å². The van der Waals surface area contributed by atoms with E-state index in [1.54, 1.807) is 20.8 Å². The number of nitrogens with zero attached hydrogens (tertiary/aromatic N) is 5. The average molecular weight is 833 g/mol. The largest absolute Gasteiger partial charge is 0.384 e. The summed E-state index contributed by atoms with van der Waals surface area (Å²) >= 11 is 0. The molecule has 1 saturated carbocycles. The molecule has 1 aliphatic carbocycles. The van der Waals surface area contributed by atoms with Crippen molar-refractivity contribution in [2.45, 2.75) is 126 Å². The molecule has 2 aliphatic heterocycles. The van der Waals surface area contributed by atoms with E-state index in [2.05, 4.69) is 25.3 Å². The minimum Gasteiger partial charge on any atom is -0.384 e. The Morgan fingerprint density at radius 1 is 1.00 bits per heavy atom. The second-order valence-corrected chi connectivity index (χ2v) is 20.8. The standard InChI is InChI=1S/C37H52N8O10S2/c1-35(2,3)42-57(54,55)26-13-11-24(12-14-26)32(48)40-27(19-23-9-7-6-8-10-23)34(50)44-22-25(45-29(21-39-43-45)36(4,5)51)20-28(44)33(49)41-37(30(46)31(38)47)15-17-56(52,53)18-16-37/h11-14,21,23,25,28,42,51H,6-10,15-20,22H2,1-5H3,(H2,38,47)(H,41,49)/b40-27+/t25-,28-/m0/s1. The van der Waals surface area contributed by atoms with E-state index in [1.165, 1.54) is 53.9 Å². The van der Waals surface area contributed by atoms with Gasteiger partial charge < -0.3 is 21.1 Å². The lowest BCUT2D eigenvalue weighted by molar-refractivity contribution is -0.143. The normalized spacial score (nSPS) is 21.9. The molecule has 57 heavy (non-hydrogen) atoms. The predicted octanol–water partition coefficient (Wildman–Crippen LogP) is 1.09.